The summed E-state index contributed by atoms with van der Waals surface area (Å²) in [4.78, 5) is 7.02. The molecule has 0 atom stereocenters. The predicted molar refractivity (Wildman–Crippen MR) is 120 cm³/mol. The van der Waals surface area contributed by atoms with Gasteiger partial charge in [0.05, 0.1) is 0 Å². The van der Waals surface area contributed by atoms with Gasteiger partial charge < -0.3 is 14.7 Å². The van der Waals surface area contributed by atoms with Gasteiger partial charge in [-0.2, -0.15) is 8.78 Å². The zero-order chi connectivity index (χ0) is 21.5. The van der Waals surface area contributed by atoms with E-state index < -0.39 is 6.61 Å². The quantitative estimate of drug-likeness (QED) is 0.317. The molecule has 0 aliphatic carbocycles. The molecule has 0 aliphatic heterocycles. The molecule has 5 aromatic rings. The minimum absolute atomic E-state index is 0.0760. The standard InChI is InChI=1S/C26H22F2N2O/c1-15-23(19-7-3-5-9-21(19)29-15)25(17-11-13-18(14-12-17)31-26(27)28)24-16(2)30-22-10-6-4-8-20(22)24/h3-14,25-26,29-30H,1-2H3. The van der Waals surface area contributed by atoms with Crippen molar-refractivity contribution >= 4 is 21.8 Å². The van der Waals surface area contributed by atoms with Crippen LogP contribution in [0.5, 0.6) is 5.75 Å². The first-order valence-electron chi connectivity index (χ1n) is 10.2. The number of ether oxygens (including phenoxy) is 1. The number of para-hydroxylation sites is 2. The Labute approximate surface area is 178 Å². The maximum Gasteiger partial charge on any atom is 0.387 e. The molecule has 0 aliphatic rings. The summed E-state index contributed by atoms with van der Waals surface area (Å²) in [6.07, 6.45) is 0. The van der Waals surface area contributed by atoms with E-state index in [1.807, 2.05) is 36.4 Å². The lowest BCUT2D eigenvalue weighted by Gasteiger charge is -2.20. The molecule has 0 spiro atoms. The smallest absolute Gasteiger partial charge is 0.387 e. The van der Waals surface area contributed by atoms with Gasteiger partial charge in [0.2, 0.25) is 0 Å². The third-order valence-corrected chi connectivity index (χ3v) is 5.90. The normalized spacial score (nSPS) is 11.8. The van der Waals surface area contributed by atoms with Gasteiger partial charge in [0, 0.05) is 39.1 Å². The van der Waals surface area contributed by atoms with Gasteiger partial charge in [0.25, 0.3) is 0 Å². The van der Waals surface area contributed by atoms with Crippen LogP contribution in [0.3, 0.4) is 0 Å². The summed E-state index contributed by atoms with van der Waals surface area (Å²) >= 11 is 0. The first kappa shape index (κ1) is 19.4. The zero-order valence-electron chi connectivity index (χ0n) is 17.2. The molecule has 5 rings (SSSR count). The highest BCUT2D eigenvalue weighted by Crippen LogP contribution is 2.42. The average molecular weight is 416 g/mol. The van der Waals surface area contributed by atoms with Crippen molar-refractivity contribution in [2.24, 2.45) is 0 Å². The van der Waals surface area contributed by atoms with Crippen molar-refractivity contribution in [3.63, 3.8) is 0 Å². The van der Waals surface area contributed by atoms with Crippen molar-refractivity contribution in [2.75, 3.05) is 0 Å². The van der Waals surface area contributed by atoms with Gasteiger partial charge in [-0.05, 0) is 54.8 Å². The summed E-state index contributed by atoms with van der Waals surface area (Å²) in [6, 6.07) is 23.5. The summed E-state index contributed by atoms with van der Waals surface area (Å²) in [6.45, 7) is 1.33. The van der Waals surface area contributed by atoms with Crippen molar-refractivity contribution in [1.82, 2.24) is 9.97 Å². The molecule has 2 aromatic heterocycles. The van der Waals surface area contributed by atoms with Crippen molar-refractivity contribution < 1.29 is 13.5 Å². The number of hydrogen-bond acceptors (Lipinski definition) is 1. The fourth-order valence-electron chi connectivity index (χ4n) is 4.66. The van der Waals surface area contributed by atoms with Gasteiger partial charge in [0.15, 0.2) is 0 Å². The van der Waals surface area contributed by atoms with E-state index in [-0.39, 0.29) is 11.7 Å². The van der Waals surface area contributed by atoms with Gasteiger partial charge >= 0.3 is 6.61 Å². The summed E-state index contributed by atoms with van der Waals surface area (Å²) in [7, 11) is 0. The molecular weight excluding hydrogens is 394 g/mol. The first-order chi connectivity index (χ1) is 15.0. The Bertz CT molecular complexity index is 1290. The monoisotopic (exact) mass is 416 g/mol. The van der Waals surface area contributed by atoms with E-state index in [9.17, 15) is 8.78 Å². The van der Waals surface area contributed by atoms with Crippen molar-refractivity contribution in [3.8, 4) is 5.75 Å². The summed E-state index contributed by atoms with van der Waals surface area (Å²) in [5.41, 5.74) is 7.72. The number of aromatic nitrogens is 2. The number of hydrogen-bond donors (Lipinski definition) is 2. The minimum Gasteiger partial charge on any atom is -0.435 e. The molecular formula is C26H22F2N2O. The van der Waals surface area contributed by atoms with Gasteiger partial charge in [-0.3, -0.25) is 0 Å². The number of benzene rings is 3. The Morgan fingerprint density at radius 3 is 1.65 bits per heavy atom. The second-order valence-corrected chi connectivity index (χ2v) is 7.80. The molecule has 0 unspecified atom stereocenters. The third kappa shape index (κ3) is 3.36. The highest BCUT2D eigenvalue weighted by Gasteiger charge is 2.27. The molecule has 31 heavy (non-hydrogen) atoms. The lowest BCUT2D eigenvalue weighted by atomic mass is 9.82. The average Bonchev–Trinajstić information content (AvgIpc) is 3.26. The number of aryl methyl sites for hydroxylation is 2. The second kappa shape index (κ2) is 7.58. The number of fused-ring (bicyclic) bond motifs is 2. The molecule has 2 N–H and O–H groups in total. The van der Waals surface area contributed by atoms with Crippen LogP contribution in [0.15, 0.2) is 72.8 Å². The minimum atomic E-state index is -2.84. The van der Waals surface area contributed by atoms with Crippen LogP contribution in [-0.2, 0) is 0 Å². The number of halogens is 2. The Morgan fingerprint density at radius 1 is 0.677 bits per heavy atom. The molecule has 0 saturated heterocycles. The molecule has 0 fully saturated rings. The lowest BCUT2D eigenvalue weighted by Crippen LogP contribution is -2.07. The topological polar surface area (TPSA) is 40.8 Å². The van der Waals surface area contributed by atoms with Crippen LogP contribution in [0.2, 0.25) is 0 Å². The number of nitrogens with one attached hydrogen (secondary N) is 2. The van der Waals surface area contributed by atoms with Gasteiger partial charge in [-0.15, -0.1) is 0 Å². The maximum atomic E-state index is 12.7. The van der Waals surface area contributed by atoms with E-state index in [2.05, 4.69) is 52.8 Å². The van der Waals surface area contributed by atoms with Crippen LogP contribution < -0.4 is 4.74 Å². The summed E-state index contributed by atoms with van der Waals surface area (Å²) in [5, 5.41) is 2.31. The van der Waals surface area contributed by atoms with Gasteiger partial charge in [-0.25, -0.2) is 0 Å². The number of H-pyrrole nitrogens is 2. The highest BCUT2D eigenvalue weighted by atomic mass is 19.3. The van der Waals surface area contributed by atoms with Crippen LogP contribution in [-0.4, -0.2) is 16.6 Å². The predicted octanol–water partition coefficient (Wildman–Crippen LogP) is 7.05. The van der Waals surface area contributed by atoms with Crippen LogP contribution >= 0.6 is 0 Å². The molecule has 3 aromatic carbocycles. The van der Waals surface area contributed by atoms with E-state index >= 15 is 0 Å². The lowest BCUT2D eigenvalue weighted by molar-refractivity contribution is -0.0498. The van der Waals surface area contributed by atoms with Crippen LogP contribution in [0, 0.1) is 13.8 Å². The van der Waals surface area contributed by atoms with E-state index in [4.69, 9.17) is 0 Å². The molecule has 0 amide bonds. The summed E-state index contributed by atoms with van der Waals surface area (Å²) < 4.78 is 29.9. The zero-order valence-corrected chi connectivity index (χ0v) is 17.2. The third-order valence-electron chi connectivity index (χ3n) is 5.90. The second-order valence-electron chi connectivity index (χ2n) is 7.80. The van der Waals surface area contributed by atoms with Gasteiger partial charge in [-0.1, -0.05) is 48.5 Å². The Balaban J connectivity index is 1.77. The fraction of sp³-hybridized carbons (Fsp3) is 0.154. The van der Waals surface area contributed by atoms with Crippen LogP contribution in [0.25, 0.3) is 21.8 Å². The van der Waals surface area contributed by atoms with E-state index in [1.165, 1.54) is 11.1 Å². The van der Waals surface area contributed by atoms with Gasteiger partial charge in [0.1, 0.15) is 5.75 Å². The fourth-order valence-corrected chi connectivity index (χ4v) is 4.66. The molecule has 156 valence electrons. The molecule has 5 heteroatoms. The highest BCUT2D eigenvalue weighted by molar-refractivity contribution is 5.90. The number of aromatic amines is 2. The molecule has 3 nitrogen and oxygen atoms in total. The first-order valence-corrected chi connectivity index (χ1v) is 10.2. The van der Waals surface area contributed by atoms with Crippen LogP contribution in [0.4, 0.5) is 8.78 Å². The van der Waals surface area contributed by atoms with Crippen molar-refractivity contribution in [2.45, 2.75) is 26.4 Å². The van der Waals surface area contributed by atoms with Crippen LogP contribution in [0.1, 0.15) is 34.0 Å². The molecule has 0 saturated carbocycles. The SMILES string of the molecule is Cc1[nH]c2ccccc2c1C(c1ccc(OC(F)F)cc1)c1c(C)[nH]c2ccccc12. The van der Waals surface area contributed by atoms with Crippen molar-refractivity contribution in [3.05, 3.63) is 101 Å². The molecule has 0 bridgehead atoms. The van der Waals surface area contributed by atoms with E-state index in [0.717, 1.165) is 38.8 Å². The van der Waals surface area contributed by atoms with Crippen molar-refractivity contribution in [1.29, 1.82) is 0 Å². The van der Waals surface area contributed by atoms with E-state index in [1.54, 1.807) is 12.1 Å². The molecule has 0 radical (unpaired) electrons. The number of alkyl halides is 2. The maximum absolute atomic E-state index is 12.7. The van der Waals surface area contributed by atoms with E-state index in [0.29, 0.717) is 0 Å². The Morgan fingerprint density at radius 2 is 1.16 bits per heavy atom. The Kier molecular flexibility index (Phi) is 4.74. The summed E-state index contributed by atoms with van der Waals surface area (Å²) in [5.74, 6) is 0.0803. The number of rotatable bonds is 5. The largest absolute Gasteiger partial charge is 0.435 e. The molecule has 2 heterocycles. The Hall–Kier alpha value is -3.60.